The van der Waals surface area contributed by atoms with E-state index in [2.05, 4.69) is 27.4 Å². The van der Waals surface area contributed by atoms with Crippen LogP contribution in [0.3, 0.4) is 0 Å². The highest BCUT2D eigenvalue weighted by Crippen LogP contribution is 2.49. The van der Waals surface area contributed by atoms with Crippen LogP contribution in [0, 0.1) is 6.92 Å². The van der Waals surface area contributed by atoms with E-state index in [4.69, 9.17) is 31.3 Å². The van der Waals surface area contributed by atoms with Gasteiger partial charge in [0.1, 0.15) is 6.33 Å². The van der Waals surface area contributed by atoms with Crippen LogP contribution < -0.4 is 4.74 Å². The minimum atomic E-state index is -0.218. The molecular formula is C30H22ClN7O2. The van der Waals surface area contributed by atoms with Crippen LogP contribution in [0.15, 0.2) is 96.4 Å². The molecule has 0 saturated carbocycles. The molecule has 0 saturated heterocycles. The minimum absolute atomic E-state index is 0.0739. The maximum absolute atomic E-state index is 6.45. The predicted octanol–water partition coefficient (Wildman–Crippen LogP) is 6.11. The SMILES string of the molecule is Cc1nn(-c2ccccc2)c2c1C(c1ccccc1)c1c(ncn3nc(CON=Cc4ccccc4Cl)nc13)O2. The van der Waals surface area contributed by atoms with E-state index < -0.39 is 0 Å². The summed E-state index contributed by atoms with van der Waals surface area (Å²) in [5.41, 5.74) is 6.00. The first-order chi connectivity index (χ1) is 19.7. The summed E-state index contributed by atoms with van der Waals surface area (Å²) in [7, 11) is 0. The Labute approximate surface area is 234 Å². The lowest BCUT2D eigenvalue weighted by Gasteiger charge is -2.26. The lowest BCUT2D eigenvalue weighted by molar-refractivity contribution is 0.126. The van der Waals surface area contributed by atoms with Crippen molar-refractivity contribution in [2.45, 2.75) is 19.4 Å². The zero-order valence-electron chi connectivity index (χ0n) is 21.3. The minimum Gasteiger partial charge on any atom is -0.420 e. The normalized spacial score (nSPS) is 14.2. The molecule has 1 unspecified atom stereocenters. The lowest BCUT2D eigenvalue weighted by Crippen LogP contribution is -2.16. The van der Waals surface area contributed by atoms with E-state index in [9.17, 15) is 0 Å². The van der Waals surface area contributed by atoms with Crippen LogP contribution in [0.1, 0.15) is 39.7 Å². The van der Waals surface area contributed by atoms with Gasteiger partial charge in [-0.1, -0.05) is 83.5 Å². The van der Waals surface area contributed by atoms with Gasteiger partial charge in [-0.05, 0) is 30.7 Å². The van der Waals surface area contributed by atoms with Gasteiger partial charge in [-0.2, -0.15) is 5.10 Å². The topological polar surface area (TPSA) is 91.7 Å². The second kappa shape index (κ2) is 9.94. The van der Waals surface area contributed by atoms with E-state index in [-0.39, 0.29) is 12.5 Å². The maximum Gasteiger partial charge on any atom is 0.230 e. The summed E-state index contributed by atoms with van der Waals surface area (Å²) in [5.74, 6) is 1.34. The third-order valence-corrected chi connectivity index (χ3v) is 7.11. The fourth-order valence-electron chi connectivity index (χ4n) is 4.98. The predicted molar refractivity (Wildman–Crippen MR) is 150 cm³/mol. The number of aromatic nitrogens is 6. The monoisotopic (exact) mass is 547 g/mol. The molecule has 0 aliphatic carbocycles. The highest BCUT2D eigenvalue weighted by molar-refractivity contribution is 6.33. The van der Waals surface area contributed by atoms with E-state index in [1.54, 1.807) is 23.1 Å². The fourth-order valence-corrected chi connectivity index (χ4v) is 5.16. The Morgan fingerprint density at radius 2 is 1.70 bits per heavy atom. The highest BCUT2D eigenvalue weighted by atomic mass is 35.5. The van der Waals surface area contributed by atoms with E-state index in [0.29, 0.717) is 28.3 Å². The van der Waals surface area contributed by atoms with Crippen molar-refractivity contribution in [3.63, 3.8) is 0 Å². The number of hydrogen-bond donors (Lipinski definition) is 0. The second-order valence-electron chi connectivity index (χ2n) is 9.29. The average molecular weight is 548 g/mol. The smallest absolute Gasteiger partial charge is 0.230 e. The molecule has 0 spiro atoms. The molecule has 10 heteroatoms. The van der Waals surface area contributed by atoms with Crippen molar-refractivity contribution in [1.82, 2.24) is 29.4 Å². The van der Waals surface area contributed by atoms with Gasteiger partial charge >= 0.3 is 0 Å². The van der Waals surface area contributed by atoms with Crippen LogP contribution in [-0.2, 0) is 11.4 Å². The molecule has 1 aliphatic rings. The number of oxime groups is 1. The molecule has 40 heavy (non-hydrogen) atoms. The van der Waals surface area contributed by atoms with Crippen LogP contribution in [0.4, 0.5) is 0 Å². The lowest BCUT2D eigenvalue weighted by atomic mass is 9.84. The first-order valence-corrected chi connectivity index (χ1v) is 13.1. The summed E-state index contributed by atoms with van der Waals surface area (Å²) >= 11 is 6.19. The Bertz CT molecular complexity index is 1870. The van der Waals surface area contributed by atoms with Crippen molar-refractivity contribution in [2.75, 3.05) is 0 Å². The molecule has 1 atom stereocenters. The summed E-state index contributed by atoms with van der Waals surface area (Å²) in [4.78, 5) is 14.9. The van der Waals surface area contributed by atoms with E-state index in [1.165, 1.54) is 0 Å². The van der Waals surface area contributed by atoms with Gasteiger partial charge in [0.05, 0.1) is 34.6 Å². The summed E-state index contributed by atoms with van der Waals surface area (Å²) in [6.07, 6.45) is 3.16. The van der Waals surface area contributed by atoms with Gasteiger partial charge in [0.2, 0.25) is 11.8 Å². The van der Waals surface area contributed by atoms with Gasteiger partial charge in [0.25, 0.3) is 0 Å². The molecule has 1 aliphatic heterocycles. The zero-order chi connectivity index (χ0) is 27.1. The molecule has 3 aromatic carbocycles. The van der Waals surface area contributed by atoms with Gasteiger partial charge < -0.3 is 9.57 Å². The number of aryl methyl sites for hydroxylation is 1. The molecule has 4 heterocycles. The summed E-state index contributed by atoms with van der Waals surface area (Å²) < 4.78 is 9.93. The molecule has 0 bridgehead atoms. The number of halogens is 1. The van der Waals surface area contributed by atoms with Gasteiger partial charge in [0.15, 0.2) is 18.1 Å². The Morgan fingerprint density at radius 3 is 2.50 bits per heavy atom. The zero-order valence-corrected chi connectivity index (χ0v) is 22.1. The van der Waals surface area contributed by atoms with Gasteiger partial charge in [-0.3, -0.25) is 0 Å². The first-order valence-electron chi connectivity index (χ1n) is 12.7. The van der Waals surface area contributed by atoms with Crippen molar-refractivity contribution in [1.29, 1.82) is 0 Å². The third-order valence-electron chi connectivity index (χ3n) is 6.76. The van der Waals surface area contributed by atoms with Crippen molar-refractivity contribution >= 4 is 23.5 Å². The maximum atomic E-state index is 6.45. The molecule has 0 radical (unpaired) electrons. The van der Waals surface area contributed by atoms with Crippen molar-refractivity contribution in [2.24, 2.45) is 5.16 Å². The van der Waals surface area contributed by atoms with Crippen molar-refractivity contribution < 1.29 is 9.57 Å². The van der Waals surface area contributed by atoms with Crippen molar-refractivity contribution in [3.8, 4) is 17.4 Å². The number of para-hydroxylation sites is 1. The van der Waals surface area contributed by atoms with Gasteiger partial charge in [-0.15, -0.1) is 5.10 Å². The van der Waals surface area contributed by atoms with Crippen LogP contribution >= 0.6 is 11.6 Å². The molecular weight excluding hydrogens is 526 g/mol. The molecule has 7 rings (SSSR count). The van der Waals surface area contributed by atoms with E-state index in [1.807, 2.05) is 78.3 Å². The Hall–Kier alpha value is -5.02. The summed E-state index contributed by atoms with van der Waals surface area (Å²) in [6, 6.07) is 27.6. The molecule has 0 fully saturated rings. The van der Waals surface area contributed by atoms with E-state index >= 15 is 0 Å². The molecule has 3 aromatic heterocycles. The third kappa shape index (κ3) is 4.17. The number of benzene rings is 3. The van der Waals surface area contributed by atoms with Gasteiger partial charge in [-0.25, -0.2) is 19.2 Å². The summed E-state index contributed by atoms with van der Waals surface area (Å²) in [6.45, 7) is 2.07. The number of rotatable bonds is 6. The Balaban J connectivity index is 1.29. The number of nitrogens with zero attached hydrogens (tertiary/aromatic N) is 7. The Kier molecular flexibility index (Phi) is 5.98. The standard InChI is InChI=1S/C30H22ClN7O2/c1-19-25-26(20-10-4-2-5-11-20)27-28-34-24(17-39-33-16-21-12-8-9-15-23(21)31)36-37(28)18-32-29(27)40-30(25)38(35-19)22-13-6-3-7-14-22/h2-16,18,26H,17H2,1H3. The summed E-state index contributed by atoms with van der Waals surface area (Å²) in [5, 5.41) is 14.1. The van der Waals surface area contributed by atoms with Crippen molar-refractivity contribution in [3.05, 3.63) is 130 Å². The Morgan fingerprint density at radius 1 is 0.950 bits per heavy atom. The van der Waals surface area contributed by atoms with Crippen LogP contribution in [0.25, 0.3) is 11.3 Å². The van der Waals surface area contributed by atoms with E-state index in [0.717, 1.165) is 33.6 Å². The fraction of sp³-hybridized carbons (Fsp3) is 0.100. The van der Waals surface area contributed by atoms with Crippen LogP contribution in [-0.4, -0.2) is 35.6 Å². The number of hydrogen-bond acceptors (Lipinski definition) is 7. The molecule has 6 aromatic rings. The number of fused-ring (bicyclic) bond motifs is 4. The molecule has 0 N–H and O–H groups in total. The molecule has 9 nitrogen and oxygen atoms in total. The van der Waals surface area contributed by atoms with Crippen LogP contribution in [0.5, 0.6) is 11.8 Å². The quantitative estimate of drug-likeness (QED) is 0.184. The van der Waals surface area contributed by atoms with Crippen LogP contribution in [0.2, 0.25) is 5.02 Å². The second-order valence-corrected chi connectivity index (χ2v) is 9.69. The first kappa shape index (κ1) is 24.1. The molecule has 196 valence electrons. The average Bonchev–Trinajstić information content (AvgIpc) is 3.56. The van der Waals surface area contributed by atoms with Gasteiger partial charge in [0, 0.05) is 10.6 Å². The highest BCUT2D eigenvalue weighted by Gasteiger charge is 2.38. The molecule has 0 amide bonds. The largest absolute Gasteiger partial charge is 0.420 e. The number of ether oxygens (including phenoxy) is 1.